The zero-order chi connectivity index (χ0) is 9.56. The molecule has 0 spiro atoms. The van der Waals surface area contributed by atoms with Crippen LogP contribution in [-0.4, -0.2) is 24.6 Å². The summed E-state index contributed by atoms with van der Waals surface area (Å²) in [4.78, 5) is 21.2. The van der Waals surface area contributed by atoms with E-state index in [4.69, 9.17) is 5.26 Å². The largest absolute Gasteiger partial charge is 0.458 e. The van der Waals surface area contributed by atoms with E-state index in [-0.39, 0.29) is 6.61 Å². The number of nitrogens with zero attached hydrogens (tertiary/aromatic N) is 1. The molecular formula is C7H9NO4. The zero-order valence-corrected chi connectivity index (χ0v) is 6.86. The first-order valence-corrected chi connectivity index (χ1v) is 3.39. The summed E-state index contributed by atoms with van der Waals surface area (Å²) < 4.78 is 8.67. The number of esters is 2. The number of nitriles is 1. The molecule has 0 saturated heterocycles. The Morgan fingerprint density at radius 3 is 2.50 bits per heavy atom. The van der Waals surface area contributed by atoms with E-state index in [1.165, 1.54) is 6.92 Å². The molecule has 0 amide bonds. The van der Waals surface area contributed by atoms with E-state index in [1.807, 2.05) is 0 Å². The third-order valence-electron chi connectivity index (χ3n) is 0.908. The molecule has 0 aromatic rings. The first-order valence-electron chi connectivity index (χ1n) is 3.39. The summed E-state index contributed by atoms with van der Waals surface area (Å²) >= 11 is 0. The fourth-order valence-corrected chi connectivity index (χ4v) is 0.425. The van der Waals surface area contributed by atoms with Crippen molar-refractivity contribution in [1.29, 1.82) is 5.26 Å². The Morgan fingerprint density at radius 1 is 1.50 bits per heavy atom. The summed E-state index contributed by atoms with van der Waals surface area (Å²) in [7, 11) is 0. The van der Waals surface area contributed by atoms with Crippen molar-refractivity contribution < 1.29 is 19.1 Å². The molecule has 66 valence electrons. The molecule has 0 rings (SSSR count). The van der Waals surface area contributed by atoms with Crippen molar-refractivity contribution in [2.75, 3.05) is 6.61 Å². The number of hydrogen-bond acceptors (Lipinski definition) is 5. The van der Waals surface area contributed by atoms with E-state index in [9.17, 15) is 9.59 Å². The third-order valence-corrected chi connectivity index (χ3v) is 0.908. The van der Waals surface area contributed by atoms with Crippen LogP contribution in [0.25, 0.3) is 0 Å². The minimum atomic E-state index is -1.13. The van der Waals surface area contributed by atoms with Crippen LogP contribution in [0.2, 0.25) is 0 Å². The Balaban J connectivity index is 3.89. The maximum atomic E-state index is 10.7. The molecule has 0 bridgehead atoms. The molecule has 0 radical (unpaired) electrons. The van der Waals surface area contributed by atoms with Gasteiger partial charge in [0.05, 0.1) is 6.61 Å². The number of hydrogen-bond donors (Lipinski definition) is 0. The smallest absolute Gasteiger partial charge is 0.418 e. The molecule has 1 atom stereocenters. The van der Waals surface area contributed by atoms with E-state index < -0.39 is 18.0 Å². The second kappa shape index (κ2) is 5.13. The lowest BCUT2D eigenvalue weighted by molar-refractivity contribution is -0.168. The molecule has 0 aliphatic carbocycles. The van der Waals surface area contributed by atoms with Crippen LogP contribution in [0.1, 0.15) is 13.8 Å². The Bertz CT molecular complexity index is 218. The van der Waals surface area contributed by atoms with Gasteiger partial charge in [-0.25, -0.2) is 9.59 Å². The molecule has 0 aliphatic rings. The Hall–Kier alpha value is -1.57. The zero-order valence-electron chi connectivity index (χ0n) is 6.86. The SMILES string of the molecule is CCOC(=O)C(=O)OC(C)C#N. The van der Waals surface area contributed by atoms with E-state index in [0.29, 0.717) is 0 Å². The van der Waals surface area contributed by atoms with Gasteiger partial charge in [-0.15, -0.1) is 0 Å². The topological polar surface area (TPSA) is 76.4 Å². The third kappa shape index (κ3) is 3.56. The van der Waals surface area contributed by atoms with Gasteiger partial charge in [-0.2, -0.15) is 5.26 Å². The Morgan fingerprint density at radius 2 is 2.08 bits per heavy atom. The van der Waals surface area contributed by atoms with E-state index >= 15 is 0 Å². The van der Waals surface area contributed by atoms with Crippen molar-refractivity contribution in [3.63, 3.8) is 0 Å². The highest BCUT2D eigenvalue weighted by atomic mass is 16.6. The lowest BCUT2D eigenvalue weighted by Gasteiger charge is -2.03. The van der Waals surface area contributed by atoms with Gasteiger partial charge in [-0.3, -0.25) is 0 Å². The van der Waals surface area contributed by atoms with Crippen LogP contribution >= 0.6 is 0 Å². The molecule has 0 aromatic heterocycles. The van der Waals surface area contributed by atoms with E-state index in [2.05, 4.69) is 9.47 Å². The van der Waals surface area contributed by atoms with E-state index in [1.54, 1.807) is 13.0 Å². The summed E-state index contributed by atoms with van der Waals surface area (Å²) in [6.07, 6.45) is -0.929. The maximum Gasteiger partial charge on any atom is 0.418 e. The highest BCUT2D eigenvalue weighted by molar-refractivity contribution is 6.29. The highest BCUT2D eigenvalue weighted by Crippen LogP contribution is 1.91. The first-order chi connectivity index (χ1) is 5.61. The molecule has 0 aliphatic heterocycles. The second-order valence-corrected chi connectivity index (χ2v) is 1.90. The number of carbonyl (C=O) groups excluding carboxylic acids is 2. The fraction of sp³-hybridized carbons (Fsp3) is 0.571. The Kier molecular flexibility index (Phi) is 4.46. The van der Waals surface area contributed by atoms with Gasteiger partial charge < -0.3 is 9.47 Å². The summed E-state index contributed by atoms with van der Waals surface area (Å²) in [5.41, 5.74) is 0. The second-order valence-electron chi connectivity index (χ2n) is 1.90. The normalized spacial score (nSPS) is 11.1. The van der Waals surface area contributed by atoms with Crippen molar-refractivity contribution in [3.8, 4) is 6.07 Å². The molecular weight excluding hydrogens is 162 g/mol. The van der Waals surface area contributed by atoms with Gasteiger partial charge in [0.15, 0.2) is 6.10 Å². The lowest BCUT2D eigenvalue weighted by atomic mass is 10.4. The predicted octanol–water partition coefficient (Wildman–Crippen LogP) is 0.00478. The van der Waals surface area contributed by atoms with Gasteiger partial charge in [0, 0.05) is 0 Å². The van der Waals surface area contributed by atoms with Crippen LogP contribution in [0.15, 0.2) is 0 Å². The van der Waals surface area contributed by atoms with Crippen molar-refractivity contribution in [3.05, 3.63) is 0 Å². The Labute approximate surface area is 69.9 Å². The average molecular weight is 171 g/mol. The number of ether oxygens (including phenoxy) is 2. The number of rotatable bonds is 2. The molecule has 0 fully saturated rings. The van der Waals surface area contributed by atoms with Crippen molar-refractivity contribution in [2.45, 2.75) is 20.0 Å². The molecule has 0 N–H and O–H groups in total. The van der Waals surface area contributed by atoms with Gasteiger partial charge in [-0.05, 0) is 13.8 Å². The minimum Gasteiger partial charge on any atom is -0.458 e. The van der Waals surface area contributed by atoms with Crippen LogP contribution in [-0.2, 0) is 19.1 Å². The summed E-state index contributed by atoms with van der Waals surface area (Å²) in [5.74, 6) is -2.20. The fourth-order valence-electron chi connectivity index (χ4n) is 0.425. The number of carbonyl (C=O) groups is 2. The van der Waals surface area contributed by atoms with Gasteiger partial charge in [0.25, 0.3) is 0 Å². The highest BCUT2D eigenvalue weighted by Gasteiger charge is 2.18. The van der Waals surface area contributed by atoms with Crippen LogP contribution < -0.4 is 0 Å². The van der Waals surface area contributed by atoms with Crippen LogP contribution in [0.3, 0.4) is 0 Å². The standard InChI is InChI=1S/C7H9NO4/c1-3-11-6(9)7(10)12-5(2)4-8/h5H,3H2,1-2H3. The van der Waals surface area contributed by atoms with Gasteiger partial charge in [0.2, 0.25) is 0 Å². The van der Waals surface area contributed by atoms with Gasteiger partial charge in [-0.1, -0.05) is 0 Å². The first kappa shape index (κ1) is 10.4. The summed E-state index contributed by atoms with van der Waals surface area (Å²) in [6.45, 7) is 3.03. The summed E-state index contributed by atoms with van der Waals surface area (Å²) in [5, 5.41) is 8.22. The monoisotopic (exact) mass is 171 g/mol. The molecule has 0 aromatic carbocycles. The minimum absolute atomic E-state index is 0.106. The molecule has 0 saturated carbocycles. The summed E-state index contributed by atoms with van der Waals surface area (Å²) in [6, 6.07) is 1.64. The molecule has 5 heteroatoms. The van der Waals surface area contributed by atoms with Crippen molar-refractivity contribution in [2.24, 2.45) is 0 Å². The molecule has 1 unspecified atom stereocenters. The maximum absolute atomic E-state index is 10.7. The molecule has 5 nitrogen and oxygen atoms in total. The van der Waals surface area contributed by atoms with Gasteiger partial charge >= 0.3 is 11.9 Å². The molecule has 0 heterocycles. The lowest BCUT2D eigenvalue weighted by Crippen LogP contribution is -2.23. The molecule has 12 heavy (non-hydrogen) atoms. The van der Waals surface area contributed by atoms with E-state index in [0.717, 1.165) is 0 Å². The van der Waals surface area contributed by atoms with Crippen molar-refractivity contribution >= 4 is 11.9 Å². The van der Waals surface area contributed by atoms with Crippen LogP contribution in [0.4, 0.5) is 0 Å². The quantitative estimate of drug-likeness (QED) is 0.432. The van der Waals surface area contributed by atoms with Gasteiger partial charge in [0.1, 0.15) is 6.07 Å². The predicted molar refractivity (Wildman–Crippen MR) is 37.8 cm³/mol. The van der Waals surface area contributed by atoms with Crippen molar-refractivity contribution in [1.82, 2.24) is 0 Å². The average Bonchev–Trinajstić information content (AvgIpc) is 2.04. The van der Waals surface area contributed by atoms with Crippen LogP contribution in [0.5, 0.6) is 0 Å². The van der Waals surface area contributed by atoms with Crippen LogP contribution in [0, 0.1) is 11.3 Å².